The molecule has 18 heavy (non-hydrogen) atoms. The normalized spacial score (nSPS) is 12.3. The summed E-state index contributed by atoms with van der Waals surface area (Å²) in [6.07, 6.45) is 0.457. The number of nitriles is 1. The van der Waals surface area contributed by atoms with Crippen LogP contribution in [0, 0.1) is 25.2 Å². The number of rotatable bonds is 5. The zero-order valence-corrected chi connectivity index (χ0v) is 12.1. The summed E-state index contributed by atoms with van der Waals surface area (Å²) in [4.78, 5) is 2.00. The molecule has 1 atom stereocenters. The Bertz CT molecular complexity index is 429. The van der Waals surface area contributed by atoms with E-state index < -0.39 is 0 Å². The molecule has 4 heteroatoms. The van der Waals surface area contributed by atoms with Gasteiger partial charge in [-0.25, -0.2) is 0 Å². The van der Waals surface area contributed by atoms with Crippen LogP contribution >= 0.6 is 11.6 Å². The van der Waals surface area contributed by atoms with Crippen molar-refractivity contribution >= 4 is 11.6 Å². The maximum atomic E-state index is 8.76. The largest absolute Gasteiger partial charge is 0.492 e. The highest BCUT2D eigenvalue weighted by molar-refractivity contribution is 6.32. The van der Waals surface area contributed by atoms with E-state index in [1.165, 1.54) is 0 Å². The van der Waals surface area contributed by atoms with E-state index in [1.54, 1.807) is 0 Å². The Labute approximate surface area is 114 Å². The van der Waals surface area contributed by atoms with Gasteiger partial charge in [-0.2, -0.15) is 5.26 Å². The third-order valence-electron chi connectivity index (χ3n) is 2.91. The van der Waals surface area contributed by atoms with Crippen LogP contribution in [0.3, 0.4) is 0 Å². The Morgan fingerprint density at radius 1 is 1.33 bits per heavy atom. The van der Waals surface area contributed by atoms with Crippen LogP contribution in [-0.4, -0.2) is 31.6 Å². The van der Waals surface area contributed by atoms with Crippen LogP contribution in [0.1, 0.15) is 17.5 Å². The lowest BCUT2D eigenvalue weighted by Gasteiger charge is -2.22. The van der Waals surface area contributed by atoms with Crippen molar-refractivity contribution in [2.45, 2.75) is 26.3 Å². The van der Waals surface area contributed by atoms with Gasteiger partial charge >= 0.3 is 0 Å². The van der Waals surface area contributed by atoms with Crippen molar-refractivity contribution in [3.8, 4) is 11.8 Å². The van der Waals surface area contributed by atoms with Gasteiger partial charge in [-0.3, -0.25) is 0 Å². The lowest BCUT2D eigenvalue weighted by atomic mass is 10.1. The molecule has 0 bridgehead atoms. The first-order valence-corrected chi connectivity index (χ1v) is 6.26. The van der Waals surface area contributed by atoms with Crippen molar-refractivity contribution in [3.05, 3.63) is 28.3 Å². The highest BCUT2D eigenvalue weighted by Gasteiger charge is 2.12. The molecule has 0 saturated carbocycles. The van der Waals surface area contributed by atoms with E-state index >= 15 is 0 Å². The summed E-state index contributed by atoms with van der Waals surface area (Å²) in [6.45, 7) is 4.42. The zero-order chi connectivity index (χ0) is 13.7. The van der Waals surface area contributed by atoms with E-state index in [1.807, 2.05) is 45.0 Å². The van der Waals surface area contributed by atoms with E-state index in [-0.39, 0.29) is 6.04 Å². The maximum Gasteiger partial charge on any atom is 0.120 e. The minimum atomic E-state index is 0.103. The Kier molecular flexibility index (Phi) is 5.46. The van der Waals surface area contributed by atoms with Gasteiger partial charge in [-0.15, -0.1) is 0 Å². The molecule has 0 aliphatic carbocycles. The van der Waals surface area contributed by atoms with Crippen molar-refractivity contribution in [3.63, 3.8) is 0 Å². The predicted octanol–water partition coefficient (Wildman–Crippen LogP) is 3.18. The van der Waals surface area contributed by atoms with E-state index in [4.69, 9.17) is 21.6 Å². The second-order valence-corrected chi connectivity index (χ2v) is 5.04. The van der Waals surface area contributed by atoms with Crippen LogP contribution in [0.2, 0.25) is 5.02 Å². The first kappa shape index (κ1) is 14.8. The van der Waals surface area contributed by atoms with Crippen molar-refractivity contribution < 1.29 is 4.74 Å². The molecule has 1 aromatic carbocycles. The SMILES string of the molecule is Cc1cc(OCC(CC#N)N(C)C)cc(C)c1Cl. The van der Waals surface area contributed by atoms with Crippen LogP contribution in [-0.2, 0) is 0 Å². The van der Waals surface area contributed by atoms with Gasteiger partial charge in [0.25, 0.3) is 0 Å². The number of aryl methyl sites for hydroxylation is 2. The van der Waals surface area contributed by atoms with Crippen molar-refractivity contribution in [2.75, 3.05) is 20.7 Å². The molecule has 98 valence electrons. The maximum absolute atomic E-state index is 8.76. The van der Waals surface area contributed by atoms with Gasteiger partial charge in [0, 0.05) is 5.02 Å². The van der Waals surface area contributed by atoms with Crippen LogP contribution in [0.4, 0.5) is 0 Å². The van der Waals surface area contributed by atoms with Gasteiger partial charge in [-0.1, -0.05) is 11.6 Å². The van der Waals surface area contributed by atoms with Crippen molar-refractivity contribution in [1.29, 1.82) is 5.26 Å². The van der Waals surface area contributed by atoms with Gasteiger partial charge in [-0.05, 0) is 51.2 Å². The number of likely N-dealkylation sites (N-methyl/N-ethyl adjacent to an activating group) is 1. The first-order chi connectivity index (χ1) is 8.45. The van der Waals surface area contributed by atoms with Gasteiger partial charge in [0.05, 0.1) is 18.5 Å². The van der Waals surface area contributed by atoms with Gasteiger partial charge in [0.2, 0.25) is 0 Å². The molecule has 1 unspecified atom stereocenters. The van der Waals surface area contributed by atoms with Gasteiger partial charge in [0.15, 0.2) is 0 Å². The smallest absolute Gasteiger partial charge is 0.120 e. The molecular weight excluding hydrogens is 248 g/mol. The van der Waals surface area contributed by atoms with E-state index in [0.717, 1.165) is 21.9 Å². The summed E-state index contributed by atoms with van der Waals surface area (Å²) >= 11 is 6.11. The van der Waals surface area contributed by atoms with Crippen molar-refractivity contribution in [1.82, 2.24) is 4.90 Å². The fourth-order valence-electron chi connectivity index (χ4n) is 1.68. The molecule has 1 aromatic rings. The molecule has 0 N–H and O–H groups in total. The second kappa shape index (κ2) is 6.63. The number of halogens is 1. The Morgan fingerprint density at radius 3 is 2.33 bits per heavy atom. The fourth-order valence-corrected chi connectivity index (χ4v) is 1.79. The molecule has 0 amide bonds. The van der Waals surface area contributed by atoms with Crippen LogP contribution in [0.5, 0.6) is 5.75 Å². The highest BCUT2D eigenvalue weighted by atomic mass is 35.5. The third kappa shape index (κ3) is 3.90. The molecular formula is C14H19ClN2O. The lowest BCUT2D eigenvalue weighted by molar-refractivity contribution is 0.188. The quantitative estimate of drug-likeness (QED) is 0.821. The molecule has 0 aromatic heterocycles. The van der Waals surface area contributed by atoms with Gasteiger partial charge < -0.3 is 9.64 Å². The average Bonchev–Trinajstić information content (AvgIpc) is 2.30. The molecule has 0 aliphatic rings. The Balaban J connectivity index is 2.71. The van der Waals surface area contributed by atoms with E-state index in [9.17, 15) is 0 Å². The summed E-state index contributed by atoms with van der Waals surface area (Å²) in [5.41, 5.74) is 2.02. The number of hydrogen-bond donors (Lipinski definition) is 0. The molecule has 0 radical (unpaired) electrons. The van der Waals surface area contributed by atoms with Crippen LogP contribution < -0.4 is 4.74 Å². The molecule has 0 aliphatic heterocycles. The van der Waals surface area contributed by atoms with Crippen LogP contribution in [0.15, 0.2) is 12.1 Å². The lowest BCUT2D eigenvalue weighted by Crippen LogP contribution is -2.33. The molecule has 3 nitrogen and oxygen atoms in total. The van der Waals surface area contributed by atoms with E-state index in [2.05, 4.69) is 6.07 Å². The standard InChI is InChI=1S/C14H19ClN2O/c1-10-7-13(8-11(2)14(10)15)18-9-12(5-6-16)17(3)4/h7-8,12H,5,9H2,1-4H3. The number of benzene rings is 1. The summed E-state index contributed by atoms with van der Waals surface area (Å²) < 4.78 is 5.75. The summed E-state index contributed by atoms with van der Waals surface area (Å²) in [6, 6.07) is 6.13. The molecule has 0 heterocycles. The fraction of sp³-hybridized carbons (Fsp3) is 0.500. The molecule has 1 rings (SSSR count). The summed E-state index contributed by atoms with van der Waals surface area (Å²) in [5.74, 6) is 0.805. The molecule has 0 saturated heterocycles. The predicted molar refractivity (Wildman–Crippen MR) is 74.1 cm³/mol. The Hall–Kier alpha value is -1.24. The molecule has 0 fully saturated rings. The Morgan fingerprint density at radius 2 is 1.89 bits per heavy atom. The zero-order valence-electron chi connectivity index (χ0n) is 11.3. The average molecular weight is 267 g/mol. The van der Waals surface area contributed by atoms with Crippen molar-refractivity contribution in [2.24, 2.45) is 0 Å². The number of ether oxygens (including phenoxy) is 1. The number of nitrogens with zero attached hydrogens (tertiary/aromatic N) is 2. The number of hydrogen-bond acceptors (Lipinski definition) is 3. The monoisotopic (exact) mass is 266 g/mol. The highest BCUT2D eigenvalue weighted by Crippen LogP contribution is 2.26. The minimum absolute atomic E-state index is 0.103. The molecule has 0 spiro atoms. The second-order valence-electron chi connectivity index (χ2n) is 4.66. The van der Waals surface area contributed by atoms with E-state index in [0.29, 0.717) is 13.0 Å². The van der Waals surface area contributed by atoms with Crippen LogP contribution in [0.25, 0.3) is 0 Å². The summed E-state index contributed by atoms with van der Waals surface area (Å²) in [7, 11) is 3.90. The minimum Gasteiger partial charge on any atom is -0.492 e. The topological polar surface area (TPSA) is 36.3 Å². The first-order valence-electron chi connectivity index (χ1n) is 5.88. The third-order valence-corrected chi connectivity index (χ3v) is 3.51. The van der Waals surface area contributed by atoms with Gasteiger partial charge in [0.1, 0.15) is 12.4 Å². The summed E-state index contributed by atoms with van der Waals surface area (Å²) in [5, 5.41) is 9.54.